The fourth-order valence-electron chi connectivity index (χ4n) is 1.44. The second-order valence-corrected chi connectivity index (χ2v) is 4.32. The molecule has 0 saturated heterocycles. The molecule has 0 aliphatic heterocycles. The van der Waals surface area contributed by atoms with Crippen molar-refractivity contribution < 1.29 is 14.5 Å². The van der Waals surface area contributed by atoms with Crippen molar-refractivity contribution >= 4 is 23.6 Å². The van der Waals surface area contributed by atoms with E-state index in [-0.39, 0.29) is 24.7 Å². The lowest BCUT2D eigenvalue weighted by atomic mass is 10.1. The number of halogens is 1. The van der Waals surface area contributed by atoms with Crippen LogP contribution in [-0.2, 0) is 9.53 Å². The first-order chi connectivity index (χ1) is 8.99. The van der Waals surface area contributed by atoms with Crippen molar-refractivity contribution in [3.05, 3.63) is 50.7 Å². The van der Waals surface area contributed by atoms with E-state index in [4.69, 9.17) is 16.3 Å². The molecule has 0 atom stereocenters. The number of carbonyl (C=O) groups excluding carboxylic acids is 1. The van der Waals surface area contributed by atoms with Gasteiger partial charge < -0.3 is 4.74 Å². The summed E-state index contributed by atoms with van der Waals surface area (Å²) in [5, 5.41) is 11.5. The van der Waals surface area contributed by atoms with Crippen molar-refractivity contribution in [2.45, 2.75) is 19.8 Å². The second kappa shape index (κ2) is 7.53. The van der Waals surface area contributed by atoms with Crippen LogP contribution in [0.1, 0.15) is 25.3 Å². The molecule has 0 bridgehead atoms. The van der Waals surface area contributed by atoms with Crippen LogP contribution in [0.2, 0.25) is 5.02 Å². The van der Waals surface area contributed by atoms with E-state index in [1.807, 2.05) is 0 Å². The molecule has 0 spiro atoms. The summed E-state index contributed by atoms with van der Waals surface area (Å²) in [7, 11) is 0. The highest BCUT2D eigenvalue weighted by atomic mass is 35.5. The fraction of sp³-hybridized carbons (Fsp3) is 0.308. The molecule has 1 aromatic rings. The number of esters is 1. The molecule has 0 radical (unpaired) electrons. The highest BCUT2D eigenvalue weighted by Gasteiger charge is 2.10. The molecule has 0 aliphatic carbocycles. The number of hydrogen-bond donors (Lipinski definition) is 0. The van der Waals surface area contributed by atoms with Crippen molar-refractivity contribution in [2.75, 3.05) is 6.61 Å². The molecule has 0 fully saturated rings. The normalized spacial score (nSPS) is 11.2. The van der Waals surface area contributed by atoms with E-state index in [1.54, 1.807) is 24.3 Å². The summed E-state index contributed by atoms with van der Waals surface area (Å²) in [6, 6.07) is 6.75. The zero-order chi connectivity index (χ0) is 14.3. The molecule has 0 saturated carbocycles. The Morgan fingerprint density at radius 3 is 2.58 bits per heavy atom. The van der Waals surface area contributed by atoms with Gasteiger partial charge in [0.1, 0.15) is 0 Å². The Hall–Kier alpha value is -1.88. The van der Waals surface area contributed by atoms with E-state index in [0.717, 1.165) is 0 Å². The van der Waals surface area contributed by atoms with Gasteiger partial charge in [-0.2, -0.15) is 0 Å². The second-order valence-electron chi connectivity index (χ2n) is 3.89. The summed E-state index contributed by atoms with van der Waals surface area (Å²) in [6.45, 7) is 1.49. The van der Waals surface area contributed by atoms with Crippen LogP contribution in [0.5, 0.6) is 0 Å². The van der Waals surface area contributed by atoms with E-state index >= 15 is 0 Å². The van der Waals surface area contributed by atoms with Gasteiger partial charge in [0.2, 0.25) is 5.70 Å². The molecular formula is C13H14ClNO4. The van der Waals surface area contributed by atoms with Crippen LogP contribution in [0.15, 0.2) is 30.0 Å². The van der Waals surface area contributed by atoms with E-state index < -0.39 is 4.92 Å². The van der Waals surface area contributed by atoms with Gasteiger partial charge in [-0.25, -0.2) is 0 Å². The number of hydrogen-bond acceptors (Lipinski definition) is 4. The largest absolute Gasteiger partial charge is 0.466 e. The van der Waals surface area contributed by atoms with E-state index in [2.05, 4.69) is 0 Å². The number of rotatable bonds is 6. The molecule has 0 heterocycles. The third-order valence-corrected chi connectivity index (χ3v) is 2.57. The first-order valence-electron chi connectivity index (χ1n) is 5.73. The quantitative estimate of drug-likeness (QED) is 0.348. The summed E-state index contributed by atoms with van der Waals surface area (Å²) in [4.78, 5) is 21.0. The first kappa shape index (κ1) is 15.2. The smallest absolute Gasteiger partial charge is 0.302 e. The van der Waals surface area contributed by atoms with Gasteiger partial charge in [-0.1, -0.05) is 23.7 Å². The molecule has 19 heavy (non-hydrogen) atoms. The third kappa shape index (κ3) is 6.01. The maximum atomic E-state index is 10.9. The van der Waals surface area contributed by atoms with Crippen molar-refractivity contribution in [1.82, 2.24) is 0 Å². The summed E-state index contributed by atoms with van der Waals surface area (Å²) in [6.07, 6.45) is 2.15. The van der Waals surface area contributed by atoms with Crippen molar-refractivity contribution in [3.8, 4) is 0 Å². The summed E-state index contributed by atoms with van der Waals surface area (Å²) < 4.78 is 4.73. The van der Waals surface area contributed by atoms with E-state index in [0.29, 0.717) is 17.0 Å². The summed E-state index contributed by atoms with van der Waals surface area (Å²) in [5.41, 5.74) is 0.790. The molecule has 0 N–H and O–H groups in total. The van der Waals surface area contributed by atoms with Crippen LogP contribution in [-0.4, -0.2) is 17.5 Å². The molecule has 0 unspecified atom stereocenters. The predicted molar refractivity (Wildman–Crippen MR) is 72.3 cm³/mol. The monoisotopic (exact) mass is 283 g/mol. The topological polar surface area (TPSA) is 69.4 Å². The number of ether oxygens (including phenoxy) is 1. The van der Waals surface area contributed by atoms with Gasteiger partial charge in [0.15, 0.2) is 0 Å². The number of nitro groups is 1. The van der Waals surface area contributed by atoms with Crippen LogP contribution in [0.25, 0.3) is 6.08 Å². The van der Waals surface area contributed by atoms with E-state index in [9.17, 15) is 14.9 Å². The first-order valence-corrected chi connectivity index (χ1v) is 6.10. The highest BCUT2D eigenvalue weighted by molar-refractivity contribution is 6.30. The number of nitrogens with zero attached hydrogens (tertiary/aromatic N) is 1. The van der Waals surface area contributed by atoms with Gasteiger partial charge in [-0.05, 0) is 24.1 Å². The molecule has 5 nitrogen and oxygen atoms in total. The maximum Gasteiger partial charge on any atom is 0.302 e. The van der Waals surface area contributed by atoms with Gasteiger partial charge in [-0.3, -0.25) is 14.9 Å². The molecule has 1 aromatic carbocycles. The van der Waals surface area contributed by atoms with Gasteiger partial charge >= 0.3 is 5.97 Å². The lowest BCUT2D eigenvalue weighted by molar-refractivity contribution is -0.426. The minimum Gasteiger partial charge on any atom is -0.466 e. The Bertz CT molecular complexity index is 482. The Kier molecular flexibility index (Phi) is 6.02. The van der Waals surface area contributed by atoms with Gasteiger partial charge in [-0.15, -0.1) is 0 Å². The average Bonchev–Trinajstić information content (AvgIpc) is 2.35. The summed E-state index contributed by atoms with van der Waals surface area (Å²) in [5.74, 6) is -0.385. The van der Waals surface area contributed by atoms with Gasteiger partial charge in [0.25, 0.3) is 0 Å². The molecule has 6 heteroatoms. The lowest BCUT2D eigenvalue weighted by Gasteiger charge is -2.01. The minimum atomic E-state index is -0.428. The Morgan fingerprint density at radius 1 is 1.42 bits per heavy atom. The molecule has 1 rings (SSSR count). The molecule has 0 aliphatic rings. The predicted octanol–water partition coefficient (Wildman–Crippen LogP) is 3.30. The van der Waals surface area contributed by atoms with Crippen molar-refractivity contribution in [1.29, 1.82) is 0 Å². The van der Waals surface area contributed by atoms with Crippen LogP contribution >= 0.6 is 11.6 Å². The number of benzene rings is 1. The number of carbonyl (C=O) groups is 1. The van der Waals surface area contributed by atoms with Crippen LogP contribution < -0.4 is 0 Å². The number of allylic oxidation sites excluding steroid dienone is 1. The minimum absolute atomic E-state index is 0.0782. The molecular weight excluding hydrogens is 270 g/mol. The van der Waals surface area contributed by atoms with Crippen LogP contribution in [0.3, 0.4) is 0 Å². The molecule has 102 valence electrons. The maximum absolute atomic E-state index is 10.9. The molecule has 0 aromatic heterocycles. The zero-order valence-electron chi connectivity index (χ0n) is 10.5. The Balaban J connectivity index is 2.64. The highest BCUT2D eigenvalue weighted by Crippen LogP contribution is 2.15. The van der Waals surface area contributed by atoms with Crippen LogP contribution in [0, 0.1) is 10.1 Å². The van der Waals surface area contributed by atoms with E-state index in [1.165, 1.54) is 13.0 Å². The average molecular weight is 284 g/mol. The molecule has 0 amide bonds. The van der Waals surface area contributed by atoms with Gasteiger partial charge in [0, 0.05) is 24.4 Å². The standard InChI is InChI=1S/C13H14ClNO4/c1-10(16)19-8-2-3-13(15(17)18)9-11-4-6-12(14)7-5-11/h4-7,9H,2-3,8H2,1H3. The van der Waals surface area contributed by atoms with Gasteiger partial charge in [0.05, 0.1) is 11.5 Å². The Labute approximate surface area is 116 Å². The van der Waals surface area contributed by atoms with Crippen molar-refractivity contribution in [3.63, 3.8) is 0 Å². The fourth-order valence-corrected chi connectivity index (χ4v) is 1.56. The van der Waals surface area contributed by atoms with Crippen molar-refractivity contribution in [2.24, 2.45) is 0 Å². The lowest BCUT2D eigenvalue weighted by Crippen LogP contribution is -2.04. The Morgan fingerprint density at radius 2 is 2.05 bits per heavy atom. The SMILES string of the molecule is CC(=O)OCCCC(=Cc1ccc(Cl)cc1)[N+](=O)[O-]. The third-order valence-electron chi connectivity index (χ3n) is 2.32. The van der Waals surface area contributed by atoms with Crippen LogP contribution in [0.4, 0.5) is 0 Å². The summed E-state index contributed by atoms with van der Waals surface area (Å²) >= 11 is 5.74. The zero-order valence-corrected chi connectivity index (χ0v) is 11.2.